The van der Waals surface area contributed by atoms with Crippen molar-refractivity contribution in [3.05, 3.63) is 58.8 Å². The van der Waals surface area contributed by atoms with E-state index in [4.69, 9.17) is 9.15 Å². The Balaban J connectivity index is 1.62. The van der Waals surface area contributed by atoms with Gasteiger partial charge in [-0.05, 0) is 25.1 Å². The molecule has 3 aromatic rings. The standard InChI is InChI=1S/C18H18N2O3S/c1-12-16(24-18(20-12)15-8-5-9-23-15)11-19-17(21)10-13-6-3-4-7-14(13)22-2/h3-9H,10-11H2,1-2H3,(H,19,21). The summed E-state index contributed by atoms with van der Waals surface area (Å²) in [5.41, 5.74) is 1.78. The number of carbonyl (C=O) groups is 1. The van der Waals surface area contributed by atoms with E-state index >= 15 is 0 Å². The van der Waals surface area contributed by atoms with Crippen molar-refractivity contribution in [3.63, 3.8) is 0 Å². The molecule has 0 unspecified atom stereocenters. The minimum Gasteiger partial charge on any atom is -0.496 e. The lowest BCUT2D eigenvalue weighted by atomic mass is 10.1. The Morgan fingerprint density at radius 1 is 1.29 bits per heavy atom. The second kappa shape index (κ2) is 7.31. The number of carbonyl (C=O) groups excluding carboxylic acids is 1. The number of aryl methyl sites for hydroxylation is 1. The van der Waals surface area contributed by atoms with Gasteiger partial charge in [0.1, 0.15) is 5.75 Å². The summed E-state index contributed by atoms with van der Waals surface area (Å²) in [4.78, 5) is 17.7. The quantitative estimate of drug-likeness (QED) is 0.744. The number of nitrogens with one attached hydrogen (secondary N) is 1. The summed E-state index contributed by atoms with van der Waals surface area (Å²) < 4.78 is 10.6. The van der Waals surface area contributed by atoms with Gasteiger partial charge in [-0.15, -0.1) is 11.3 Å². The second-order valence-electron chi connectivity index (χ2n) is 5.27. The molecule has 2 aromatic heterocycles. The van der Waals surface area contributed by atoms with Crippen molar-refractivity contribution >= 4 is 17.2 Å². The molecular weight excluding hydrogens is 324 g/mol. The molecule has 2 heterocycles. The number of hydrogen-bond acceptors (Lipinski definition) is 5. The first-order valence-electron chi connectivity index (χ1n) is 7.56. The van der Waals surface area contributed by atoms with Gasteiger partial charge in [0.15, 0.2) is 10.8 Å². The Morgan fingerprint density at radius 3 is 2.88 bits per heavy atom. The largest absolute Gasteiger partial charge is 0.496 e. The van der Waals surface area contributed by atoms with Crippen LogP contribution < -0.4 is 10.1 Å². The Labute approximate surface area is 144 Å². The molecule has 0 fully saturated rings. The van der Waals surface area contributed by atoms with Crippen LogP contribution in [0.15, 0.2) is 47.1 Å². The maximum absolute atomic E-state index is 12.2. The number of benzene rings is 1. The number of thiazole rings is 1. The maximum Gasteiger partial charge on any atom is 0.224 e. The van der Waals surface area contributed by atoms with Crippen LogP contribution >= 0.6 is 11.3 Å². The Morgan fingerprint density at radius 2 is 2.12 bits per heavy atom. The van der Waals surface area contributed by atoms with E-state index in [0.29, 0.717) is 6.54 Å². The van der Waals surface area contributed by atoms with E-state index < -0.39 is 0 Å². The Hall–Kier alpha value is -2.60. The minimum atomic E-state index is -0.0492. The lowest BCUT2D eigenvalue weighted by Crippen LogP contribution is -2.24. The molecule has 5 nitrogen and oxygen atoms in total. The first kappa shape index (κ1) is 16.3. The van der Waals surface area contributed by atoms with Crippen molar-refractivity contribution in [2.75, 3.05) is 7.11 Å². The van der Waals surface area contributed by atoms with Crippen LogP contribution in [-0.4, -0.2) is 18.0 Å². The van der Waals surface area contributed by atoms with Gasteiger partial charge in [-0.3, -0.25) is 4.79 Å². The molecule has 0 aliphatic heterocycles. The molecule has 0 bridgehead atoms. The van der Waals surface area contributed by atoms with Crippen LogP contribution in [0, 0.1) is 6.92 Å². The first-order valence-corrected chi connectivity index (χ1v) is 8.38. The number of amides is 1. The second-order valence-corrected chi connectivity index (χ2v) is 6.35. The molecule has 0 spiro atoms. The highest BCUT2D eigenvalue weighted by atomic mass is 32.1. The number of furan rings is 1. The number of methoxy groups -OCH3 is 1. The van der Waals surface area contributed by atoms with Gasteiger partial charge in [0.2, 0.25) is 5.91 Å². The summed E-state index contributed by atoms with van der Waals surface area (Å²) in [6, 6.07) is 11.2. The molecule has 3 rings (SSSR count). The van der Waals surface area contributed by atoms with Crippen LogP contribution in [0.3, 0.4) is 0 Å². The van der Waals surface area contributed by atoms with Crippen molar-refractivity contribution in [1.82, 2.24) is 10.3 Å². The third-order valence-electron chi connectivity index (χ3n) is 3.61. The molecule has 0 aliphatic carbocycles. The van der Waals surface area contributed by atoms with Crippen LogP contribution in [0.4, 0.5) is 0 Å². The number of hydrogen-bond donors (Lipinski definition) is 1. The van der Waals surface area contributed by atoms with Gasteiger partial charge >= 0.3 is 0 Å². The van der Waals surface area contributed by atoms with Gasteiger partial charge in [-0.25, -0.2) is 4.98 Å². The van der Waals surface area contributed by atoms with E-state index in [0.717, 1.165) is 32.7 Å². The third kappa shape index (κ3) is 3.65. The number of rotatable bonds is 6. The SMILES string of the molecule is COc1ccccc1CC(=O)NCc1sc(-c2ccco2)nc1C. The molecular formula is C18H18N2O3S. The summed E-state index contributed by atoms with van der Waals surface area (Å²) in [6.07, 6.45) is 1.91. The summed E-state index contributed by atoms with van der Waals surface area (Å²) in [7, 11) is 1.60. The molecule has 0 aliphatic rings. The van der Waals surface area contributed by atoms with Crippen LogP contribution in [0.2, 0.25) is 0 Å². The van der Waals surface area contributed by atoms with Crippen LogP contribution in [0.1, 0.15) is 16.1 Å². The van der Waals surface area contributed by atoms with E-state index in [1.165, 1.54) is 11.3 Å². The van der Waals surface area contributed by atoms with Gasteiger partial charge in [0, 0.05) is 10.4 Å². The van der Waals surface area contributed by atoms with Crippen molar-refractivity contribution in [2.24, 2.45) is 0 Å². The summed E-state index contributed by atoms with van der Waals surface area (Å²) in [5.74, 6) is 1.42. The van der Waals surface area contributed by atoms with Crippen molar-refractivity contribution < 1.29 is 13.9 Å². The van der Waals surface area contributed by atoms with Crippen LogP contribution in [0.5, 0.6) is 5.75 Å². The van der Waals surface area contributed by atoms with E-state index in [1.807, 2.05) is 43.3 Å². The lowest BCUT2D eigenvalue weighted by Gasteiger charge is -2.08. The fourth-order valence-electron chi connectivity index (χ4n) is 2.36. The molecule has 0 saturated heterocycles. The molecule has 1 aromatic carbocycles. The van der Waals surface area contributed by atoms with Crippen LogP contribution in [0.25, 0.3) is 10.8 Å². The zero-order valence-electron chi connectivity index (χ0n) is 13.5. The monoisotopic (exact) mass is 342 g/mol. The van der Waals surface area contributed by atoms with Gasteiger partial charge in [-0.1, -0.05) is 18.2 Å². The molecule has 6 heteroatoms. The molecule has 0 radical (unpaired) electrons. The maximum atomic E-state index is 12.2. The average Bonchev–Trinajstić information content (AvgIpc) is 3.23. The van der Waals surface area contributed by atoms with Crippen molar-refractivity contribution in [3.8, 4) is 16.5 Å². The lowest BCUT2D eigenvalue weighted by molar-refractivity contribution is -0.120. The molecule has 0 atom stereocenters. The van der Waals surface area contributed by atoms with Gasteiger partial charge in [-0.2, -0.15) is 0 Å². The Kier molecular flexibility index (Phi) is 4.96. The van der Waals surface area contributed by atoms with Gasteiger partial charge in [0.25, 0.3) is 0 Å². The summed E-state index contributed by atoms with van der Waals surface area (Å²) in [6.45, 7) is 2.39. The van der Waals surface area contributed by atoms with Crippen molar-refractivity contribution in [2.45, 2.75) is 19.9 Å². The number of nitrogens with zero attached hydrogens (tertiary/aromatic N) is 1. The fraction of sp³-hybridized carbons (Fsp3) is 0.222. The molecule has 1 N–H and O–H groups in total. The third-order valence-corrected chi connectivity index (χ3v) is 4.79. The number of aromatic nitrogens is 1. The van der Waals surface area contributed by atoms with Gasteiger partial charge in [0.05, 0.1) is 32.0 Å². The minimum absolute atomic E-state index is 0.0492. The summed E-state index contributed by atoms with van der Waals surface area (Å²) in [5, 5.41) is 3.77. The molecule has 1 amide bonds. The van der Waals surface area contributed by atoms with Gasteiger partial charge < -0.3 is 14.5 Å². The highest BCUT2D eigenvalue weighted by molar-refractivity contribution is 7.15. The zero-order valence-corrected chi connectivity index (χ0v) is 14.4. The topological polar surface area (TPSA) is 64.4 Å². The first-order chi connectivity index (χ1) is 11.7. The van der Waals surface area contributed by atoms with E-state index in [-0.39, 0.29) is 12.3 Å². The molecule has 124 valence electrons. The van der Waals surface area contributed by atoms with Crippen LogP contribution in [-0.2, 0) is 17.8 Å². The molecule has 0 saturated carbocycles. The highest BCUT2D eigenvalue weighted by Gasteiger charge is 2.13. The molecule has 24 heavy (non-hydrogen) atoms. The highest BCUT2D eigenvalue weighted by Crippen LogP contribution is 2.28. The zero-order chi connectivity index (χ0) is 16.9. The van der Waals surface area contributed by atoms with Crippen molar-refractivity contribution in [1.29, 1.82) is 0 Å². The fourth-order valence-corrected chi connectivity index (χ4v) is 3.33. The smallest absolute Gasteiger partial charge is 0.224 e. The normalized spacial score (nSPS) is 10.6. The van der Waals surface area contributed by atoms with E-state index in [9.17, 15) is 4.79 Å². The van der Waals surface area contributed by atoms with E-state index in [1.54, 1.807) is 13.4 Å². The van der Waals surface area contributed by atoms with E-state index in [2.05, 4.69) is 10.3 Å². The summed E-state index contributed by atoms with van der Waals surface area (Å²) >= 11 is 1.53. The number of ether oxygens (including phenoxy) is 1. The average molecular weight is 342 g/mol. The Bertz CT molecular complexity index is 825. The number of para-hydroxylation sites is 1. The predicted octanol–water partition coefficient (Wildman–Crippen LogP) is 3.58. The predicted molar refractivity (Wildman–Crippen MR) is 93.1 cm³/mol.